The van der Waals surface area contributed by atoms with Gasteiger partial charge in [0.05, 0.1) is 0 Å². The molecule has 0 aliphatic carbocycles. The van der Waals surface area contributed by atoms with Crippen LogP contribution in [0.2, 0.25) is 0 Å². The van der Waals surface area contributed by atoms with Gasteiger partial charge in [-0.05, 0) is 36.6 Å². The molecule has 0 unspecified atom stereocenters. The molecule has 0 aliphatic rings. The lowest BCUT2D eigenvalue weighted by Crippen LogP contribution is -2.28. The third-order valence-electron chi connectivity index (χ3n) is 2.51. The quantitative estimate of drug-likeness (QED) is 0.797. The van der Waals surface area contributed by atoms with Crippen molar-refractivity contribution in [2.45, 2.75) is 33.7 Å². The summed E-state index contributed by atoms with van der Waals surface area (Å²) < 4.78 is 0. The van der Waals surface area contributed by atoms with Crippen molar-refractivity contribution < 1.29 is 5.11 Å². The van der Waals surface area contributed by atoms with Crippen molar-refractivity contribution in [1.82, 2.24) is 4.90 Å². The van der Waals surface area contributed by atoms with Crippen molar-refractivity contribution >= 4 is 0 Å². The van der Waals surface area contributed by atoms with Gasteiger partial charge in [-0.3, -0.25) is 4.90 Å². The molecule has 1 N–H and O–H groups in total. The molecule has 0 radical (unpaired) electrons. The van der Waals surface area contributed by atoms with Gasteiger partial charge < -0.3 is 5.11 Å². The van der Waals surface area contributed by atoms with E-state index >= 15 is 0 Å². The van der Waals surface area contributed by atoms with Crippen LogP contribution >= 0.6 is 0 Å². The highest BCUT2D eigenvalue weighted by Gasteiger charge is 2.07. The van der Waals surface area contributed by atoms with Crippen molar-refractivity contribution in [2.24, 2.45) is 5.92 Å². The van der Waals surface area contributed by atoms with E-state index in [1.54, 1.807) is 12.1 Å². The molecule has 90 valence electrons. The molecule has 0 heterocycles. The van der Waals surface area contributed by atoms with Gasteiger partial charge in [-0.1, -0.05) is 32.9 Å². The number of benzene rings is 1. The first-order chi connectivity index (χ1) is 7.61. The summed E-state index contributed by atoms with van der Waals surface area (Å²) in [5, 5.41) is 9.23. The Morgan fingerprint density at radius 3 is 2.31 bits per heavy atom. The number of nitrogens with zero attached hydrogens (tertiary/aromatic N) is 1. The van der Waals surface area contributed by atoms with Crippen LogP contribution in [0.25, 0.3) is 0 Å². The summed E-state index contributed by atoms with van der Waals surface area (Å²) in [6.07, 6.45) is 1.19. The Morgan fingerprint density at radius 1 is 1.19 bits per heavy atom. The van der Waals surface area contributed by atoms with Crippen LogP contribution in [0.4, 0.5) is 0 Å². The summed E-state index contributed by atoms with van der Waals surface area (Å²) in [5.41, 5.74) is 1.27. The Balaban J connectivity index is 2.56. The second kappa shape index (κ2) is 6.54. The van der Waals surface area contributed by atoms with E-state index in [2.05, 4.69) is 25.7 Å². The summed E-state index contributed by atoms with van der Waals surface area (Å²) in [7, 11) is 0. The van der Waals surface area contributed by atoms with Crippen molar-refractivity contribution in [3.8, 4) is 5.75 Å². The number of rotatable bonds is 6. The lowest BCUT2D eigenvalue weighted by atomic mass is 10.1. The highest BCUT2D eigenvalue weighted by Crippen LogP contribution is 2.12. The van der Waals surface area contributed by atoms with Crippen LogP contribution in [-0.2, 0) is 6.54 Å². The van der Waals surface area contributed by atoms with E-state index in [0.717, 1.165) is 19.6 Å². The molecule has 0 fully saturated rings. The van der Waals surface area contributed by atoms with E-state index in [4.69, 9.17) is 0 Å². The van der Waals surface area contributed by atoms with Gasteiger partial charge in [0.2, 0.25) is 0 Å². The fourth-order valence-electron chi connectivity index (χ4n) is 1.93. The van der Waals surface area contributed by atoms with Crippen molar-refractivity contribution in [3.63, 3.8) is 0 Å². The molecule has 0 aromatic heterocycles. The Morgan fingerprint density at radius 2 is 1.81 bits per heavy atom. The van der Waals surface area contributed by atoms with E-state index < -0.39 is 0 Å². The molecule has 0 amide bonds. The molecule has 2 heteroatoms. The summed E-state index contributed by atoms with van der Waals surface area (Å²) in [5.74, 6) is 1.04. The minimum absolute atomic E-state index is 0.342. The van der Waals surface area contributed by atoms with E-state index in [1.807, 2.05) is 12.1 Å². The summed E-state index contributed by atoms with van der Waals surface area (Å²) in [6.45, 7) is 9.96. The summed E-state index contributed by atoms with van der Waals surface area (Å²) >= 11 is 0. The molecule has 1 rings (SSSR count). The van der Waals surface area contributed by atoms with Crippen LogP contribution in [0.3, 0.4) is 0 Å². The molecular weight excluding hydrogens is 198 g/mol. The maximum absolute atomic E-state index is 9.23. The fraction of sp³-hybridized carbons (Fsp3) is 0.571. The molecular formula is C14H23NO. The van der Waals surface area contributed by atoms with Crippen LogP contribution in [0.1, 0.15) is 32.8 Å². The Labute approximate surface area is 98.9 Å². The SMILES string of the molecule is CCCN(Cc1ccc(O)cc1)CC(C)C. The second-order valence-corrected chi connectivity index (χ2v) is 4.80. The fourth-order valence-corrected chi connectivity index (χ4v) is 1.93. The van der Waals surface area contributed by atoms with Crippen molar-refractivity contribution in [3.05, 3.63) is 29.8 Å². The lowest BCUT2D eigenvalue weighted by molar-refractivity contribution is 0.236. The first kappa shape index (κ1) is 13.0. The molecule has 0 atom stereocenters. The van der Waals surface area contributed by atoms with Crippen LogP contribution in [0.5, 0.6) is 5.75 Å². The first-order valence-electron chi connectivity index (χ1n) is 6.12. The number of aromatic hydroxyl groups is 1. The molecule has 2 nitrogen and oxygen atoms in total. The Kier molecular flexibility index (Phi) is 5.33. The van der Waals surface area contributed by atoms with E-state index in [1.165, 1.54) is 12.0 Å². The third kappa shape index (κ3) is 4.67. The number of hydrogen-bond acceptors (Lipinski definition) is 2. The van der Waals surface area contributed by atoms with Crippen LogP contribution in [-0.4, -0.2) is 23.1 Å². The van der Waals surface area contributed by atoms with Gasteiger partial charge in [-0.25, -0.2) is 0 Å². The van der Waals surface area contributed by atoms with Crippen LogP contribution in [0.15, 0.2) is 24.3 Å². The van der Waals surface area contributed by atoms with E-state index in [-0.39, 0.29) is 0 Å². The zero-order chi connectivity index (χ0) is 12.0. The third-order valence-corrected chi connectivity index (χ3v) is 2.51. The Hall–Kier alpha value is -1.02. The van der Waals surface area contributed by atoms with Crippen LogP contribution < -0.4 is 0 Å². The number of phenolic OH excluding ortho intramolecular Hbond substituents is 1. The highest BCUT2D eigenvalue weighted by atomic mass is 16.3. The largest absolute Gasteiger partial charge is 0.508 e. The topological polar surface area (TPSA) is 23.5 Å². The monoisotopic (exact) mass is 221 g/mol. The molecule has 0 saturated heterocycles. The normalized spacial score (nSPS) is 11.3. The molecule has 1 aromatic rings. The summed E-state index contributed by atoms with van der Waals surface area (Å²) in [4.78, 5) is 2.47. The molecule has 0 aliphatic heterocycles. The zero-order valence-electron chi connectivity index (χ0n) is 10.6. The maximum atomic E-state index is 9.23. The lowest BCUT2D eigenvalue weighted by Gasteiger charge is -2.23. The molecule has 0 bridgehead atoms. The van der Waals surface area contributed by atoms with E-state index in [0.29, 0.717) is 11.7 Å². The summed E-state index contributed by atoms with van der Waals surface area (Å²) in [6, 6.07) is 7.51. The average molecular weight is 221 g/mol. The molecule has 0 saturated carbocycles. The van der Waals surface area contributed by atoms with Crippen molar-refractivity contribution in [2.75, 3.05) is 13.1 Å². The zero-order valence-corrected chi connectivity index (χ0v) is 10.6. The average Bonchev–Trinajstić information content (AvgIpc) is 2.21. The van der Waals surface area contributed by atoms with Gasteiger partial charge in [0.15, 0.2) is 0 Å². The minimum Gasteiger partial charge on any atom is -0.508 e. The van der Waals surface area contributed by atoms with Gasteiger partial charge in [0, 0.05) is 13.1 Å². The Bertz CT molecular complexity index is 292. The standard InChI is InChI=1S/C14H23NO/c1-4-9-15(10-12(2)3)11-13-5-7-14(16)8-6-13/h5-8,12,16H,4,9-11H2,1-3H3. The van der Waals surface area contributed by atoms with Gasteiger partial charge in [-0.15, -0.1) is 0 Å². The highest BCUT2D eigenvalue weighted by molar-refractivity contribution is 5.25. The van der Waals surface area contributed by atoms with Gasteiger partial charge in [0.25, 0.3) is 0 Å². The predicted octanol–water partition coefficient (Wildman–Crippen LogP) is 3.26. The van der Waals surface area contributed by atoms with Crippen LogP contribution in [0, 0.1) is 5.92 Å². The minimum atomic E-state index is 0.342. The first-order valence-corrected chi connectivity index (χ1v) is 6.12. The second-order valence-electron chi connectivity index (χ2n) is 4.80. The van der Waals surface area contributed by atoms with Gasteiger partial charge in [-0.2, -0.15) is 0 Å². The van der Waals surface area contributed by atoms with Crippen molar-refractivity contribution in [1.29, 1.82) is 0 Å². The van der Waals surface area contributed by atoms with Gasteiger partial charge in [0.1, 0.15) is 5.75 Å². The van der Waals surface area contributed by atoms with Gasteiger partial charge >= 0.3 is 0 Å². The molecule has 16 heavy (non-hydrogen) atoms. The molecule has 1 aromatic carbocycles. The maximum Gasteiger partial charge on any atom is 0.115 e. The number of phenols is 1. The van der Waals surface area contributed by atoms with E-state index in [9.17, 15) is 5.11 Å². The predicted molar refractivity (Wildman–Crippen MR) is 68.5 cm³/mol. The smallest absolute Gasteiger partial charge is 0.115 e. The number of hydrogen-bond donors (Lipinski definition) is 1. The molecule has 0 spiro atoms.